The Hall–Kier alpha value is -1.88. The lowest BCUT2D eigenvalue weighted by Gasteiger charge is -2.11. The van der Waals surface area contributed by atoms with Crippen LogP contribution < -0.4 is 10.6 Å². The molecule has 0 aliphatic heterocycles. The van der Waals surface area contributed by atoms with E-state index in [1.165, 1.54) is 0 Å². The molecule has 4 nitrogen and oxygen atoms in total. The average Bonchev–Trinajstić information content (AvgIpc) is 2.47. The topological polar surface area (TPSA) is 54.0 Å². The number of halogens is 1. The summed E-state index contributed by atoms with van der Waals surface area (Å²) in [7, 11) is 0. The van der Waals surface area contributed by atoms with Crippen LogP contribution in [0.5, 0.6) is 0 Å². The SMILES string of the molecule is CCCNc1ccncc1C(=O)Nc1ccc(Br)cc1. The molecule has 0 aliphatic carbocycles. The molecule has 0 radical (unpaired) electrons. The second kappa shape index (κ2) is 7.05. The summed E-state index contributed by atoms with van der Waals surface area (Å²) < 4.78 is 0.974. The van der Waals surface area contributed by atoms with Crippen molar-refractivity contribution in [1.82, 2.24) is 4.98 Å². The number of anilines is 2. The van der Waals surface area contributed by atoms with Crippen molar-refractivity contribution in [3.8, 4) is 0 Å². The van der Waals surface area contributed by atoms with Gasteiger partial charge in [-0.05, 0) is 36.8 Å². The first-order valence-electron chi connectivity index (χ1n) is 6.45. The molecule has 0 atom stereocenters. The largest absolute Gasteiger partial charge is 0.384 e. The molecule has 2 aromatic rings. The van der Waals surface area contributed by atoms with Gasteiger partial charge in [0.2, 0.25) is 0 Å². The van der Waals surface area contributed by atoms with Crippen molar-refractivity contribution in [3.63, 3.8) is 0 Å². The molecule has 20 heavy (non-hydrogen) atoms. The maximum atomic E-state index is 12.3. The highest BCUT2D eigenvalue weighted by Gasteiger charge is 2.11. The Bertz CT molecular complexity index is 584. The molecule has 1 amide bonds. The number of carbonyl (C=O) groups is 1. The van der Waals surface area contributed by atoms with Crippen LogP contribution in [0.3, 0.4) is 0 Å². The van der Waals surface area contributed by atoms with Crippen LogP contribution >= 0.6 is 15.9 Å². The maximum Gasteiger partial charge on any atom is 0.259 e. The second-order valence-electron chi connectivity index (χ2n) is 4.31. The first-order valence-corrected chi connectivity index (χ1v) is 7.25. The number of rotatable bonds is 5. The molecule has 1 aromatic heterocycles. The lowest BCUT2D eigenvalue weighted by atomic mass is 10.2. The minimum Gasteiger partial charge on any atom is -0.384 e. The quantitative estimate of drug-likeness (QED) is 0.871. The lowest BCUT2D eigenvalue weighted by molar-refractivity contribution is 0.102. The fourth-order valence-corrected chi connectivity index (χ4v) is 1.99. The van der Waals surface area contributed by atoms with E-state index in [1.807, 2.05) is 30.3 Å². The normalized spacial score (nSPS) is 10.1. The fourth-order valence-electron chi connectivity index (χ4n) is 1.72. The Morgan fingerprint density at radius 2 is 2.00 bits per heavy atom. The maximum absolute atomic E-state index is 12.3. The predicted molar refractivity (Wildman–Crippen MR) is 85.1 cm³/mol. The number of aromatic nitrogens is 1. The minimum atomic E-state index is -0.168. The number of amides is 1. The summed E-state index contributed by atoms with van der Waals surface area (Å²) in [5.41, 5.74) is 2.10. The van der Waals surface area contributed by atoms with E-state index in [9.17, 15) is 4.79 Å². The van der Waals surface area contributed by atoms with Crippen molar-refractivity contribution >= 4 is 33.2 Å². The van der Waals surface area contributed by atoms with Crippen LogP contribution in [0.2, 0.25) is 0 Å². The highest BCUT2D eigenvalue weighted by molar-refractivity contribution is 9.10. The number of benzene rings is 1. The molecular weight excluding hydrogens is 318 g/mol. The molecule has 5 heteroatoms. The zero-order valence-corrected chi connectivity index (χ0v) is 12.8. The van der Waals surface area contributed by atoms with Crippen LogP contribution in [0.1, 0.15) is 23.7 Å². The Kier molecular flexibility index (Phi) is 5.12. The molecule has 0 unspecified atom stereocenters. The van der Waals surface area contributed by atoms with Crippen molar-refractivity contribution in [3.05, 3.63) is 52.8 Å². The van der Waals surface area contributed by atoms with Gasteiger partial charge in [0.25, 0.3) is 5.91 Å². The standard InChI is InChI=1S/C15H16BrN3O/c1-2-8-18-14-7-9-17-10-13(14)15(20)19-12-5-3-11(16)4-6-12/h3-7,9-10H,2,8H2,1H3,(H,17,18)(H,19,20). The molecule has 0 bridgehead atoms. The molecule has 1 aromatic carbocycles. The summed E-state index contributed by atoms with van der Waals surface area (Å²) in [6.07, 6.45) is 4.25. The van der Waals surface area contributed by atoms with E-state index in [0.29, 0.717) is 5.56 Å². The molecule has 0 saturated heterocycles. The molecule has 0 aliphatic rings. The lowest BCUT2D eigenvalue weighted by Crippen LogP contribution is -2.15. The van der Waals surface area contributed by atoms with E-state index in [4.69, 9.17) is 0 Å². The van der Waals surface area contributed by atoms with Crippen LogP contribution in [0.4, 0.5) is 11.4 Å². The highest BCUT2D eigenvalue weighted by Crippen LogP contribution is 2.18. The molecule has 0 spiro atoms. The predicted octanol–water partition coefficient (Wildman–Crippen LogP) is 3.92. The van der Waals surface area contributed by atoms with Gasteiger partial charge < -0.3 is 10.6 Å². The zero-order valence-electron chi connectivity index (χ0n) is 11.2. The summed E-state index contributed by atoms with van der Waals surface area (Å²) in [6.45, 7) is 2.90. The molecule has 2 N–H and O–H groups in total. The van der Waals surface area contributed by atoms with Crippen molar-refractivity contribution in [1.29, 1.82) is 0 Å². The Morgan fingerprint density at radius 3 is 2.70 bits per heavy atom. The van der Waals surface area contributed by atoms with E-state index in [2.05, 4.69) is 38.5 Å². The van der Waals surface area contributed by atoms with E-state index in [1.54, 1.807) is 12.4 Å². The van der Waals surface area contributed by atoms with Gasteiger partial charge in [-0.25, -0.2) is 0 Å². The summed E-state index contributed by atoms with van der Waals surface area (Å²) in [5, 5.41) is 6.09. The molecule has 0 saturated carbocycles. The molecule has 104 valence electrons. The van der Waals surface area contributed by atoms with Crippen LogP contribution in [-0.4, -0.2) is 17.4 Å². The number of hydrogen-bond acceptors (Lipinski definition) is 3. The van der Waals surface area contributed by atoms with Gasteiger partial charge in [0.15, 0.2) is 0 Å². The second-order valence-corrected chi connectivity index (χ2v) is 5.22. The van der Waals surface area contributed by atoms with Gasteiger partial charge in [0.05, 0.1) is 11.3 Å². The highest BCUT2D eigenvalue weighted by atomic mass is 79.9. The van der Waals surface area contributed by atoms with E-state index >= 15 is 0 Å². The van der Waals surface area contributed by atoms with Crippen LogP contribution in [-0.2, 0) is 0 Å². The first-order chi connectivity index (χ1) is 9.70. The van der Waals surface area contributed by atoms with E-state index in [-0.39, 0.29) is 5.91 Å². The van der Waals surface area contributed by atoms with E-state index in [0.717, 1.165) is 28.8 Å². The van der Waals surface area contributed by atoms with Crippen molar-refractivity contribution < 1.29 is 4.79 Å². The third-order valence-corrected chi connectivity index (χ3v) is 3.26. The Morgan fingerprint density at radius 1 is 1.25 bits per heavy atom. The van der Waals surface area contributed by atoms with Gasteiger partial charge in [-0.3, -0.25) is 9.78 Å². The number of carbonyl (C=O) groups excluding carboxylic acids is 1. The van der Waals surface area contributed by atoms with Crippen LogP contribution in [0.25, 0.3) is 0 Å². The summed E-state index contributed by atoms with van der Waals surface area (Å²) in [5.74, 6) is -0.168. The molecule has 0 fully saturated rings. The molecular formula is C15H16BrN3O. The Balaban J connectivity index is 2.14. The Labute approximate surface area is 126 Å². The van der Waals surface area contributed by atoms with Gasteiger partial charge in [-0.2, -0.15) is 0 Å². The van der Waals surface area contributed by atoms with Crippen molar-refractivity contribution in [2.45, 2.75) is 13.3 Å². The monoisotopic (exact) mass is 333 g/mol. The first kappa shape index (κ1) is 14.5. The van der Waals surface area contributed by atoms with Gasteiger partial charge in [0.1, 0.15) is 0 Å². The molecule has 1 heterocycles. The fraction of sp³-hybridized carbons (Fsp3) is 0.200. The third-order valence-electron chi connectivity index (χ3n) is 2.73. The van der Waals surface area contributed by atoms with Crippen molar-refractivity contribution in [2.24, 2.45) is 0 Å². The van der Waals surface area contributed by atoms with Gasteiger partial charge >= 0.3 is 0 Å². The summed E-state index contributed by atoms with van der Waals surface area (Å²) in [6, 6.07) is 9.27. The smallest absolute Gasteiger partial charge is 0.259 e. The van der Waals surface area contributed by atoms with Crippen LogP contribution in [0.15, 0.2) is 47.2 Å². The zero-order chi connectivity index (χ0) is 14.4. The number of hydrogen-bond donors (Lipinski definition) is 2. The third kappa shape index (κ3) is 3.81. The number of pyridine rings is 1. The minimum absolute atomic E-state index is 0.168. The van der Waals surface area contributed by atoms with Gasteiger partial charge in [0, 0.05) is 29.1 Å². The average molecular weight is 334 g/mol. The number of nitrogens with zero attached hydrogens (tertiary/aromatic N) is 1. The van der Waals surface area contributed by atoms with Crippen molar-refractivity contribution in [2.75, 3.05) is 17.2 Å². The summed E-state index contributed by atoms with van der Waals surface area (Å²) in [4.78, 5) is 16.3. The van der Waals surface area contributed by atoms with Gasteiger partial charge in [-0.15, -0.1) is 0 Å². The number of nitrogens with one attached hydrogen (secondary N) is 2. The van der Waals surface area contributed by atoms with Crippen LogP contribution in [0, 0.1) is 0 Å². The summed E-state index contributed by atoms with van der Waals surface area (Å²) >= 11 is 3.36. The van der Waals surface area contributed by atoms with Gasteiger partial charge in [-0.1, -0.05) is 22.9 Å². The molecule has 2 rings (SSSR count). The van der Waals surface area contributed by atoms with E-state index < -0.39 is 0 Å².